The second kappa shape index (κ2) is 11.5. The minimum absolute atomic E-state index is 0.942. The predicted octanol–water partition coefficient (Wildman–Crippen LogP) is 8.38. The summed E-state index contributed by atoms with van der Waals surface area (Å²) < 4.78 is 0. The standard InChI is InChI=1S/C31H39N/c1-24-7-11-27(12-8-24)13-14-28-17-22-31(32-23-28)6-4-3-5-26-15-20-30(21-16-26)29-18-9-25(2)10-19-29/h9-10,15-24,27H,3-8,11-14H2,1-2H3. The highest BCUT2D eigenvalue weighted by Gasteiger charge is 2.17. The van der Waals surface area contributed by atoms with Crippen LogP contribution in [0.25, 0.3) is 11.1 Å². The molecule has 2 aromatic carbocycles. The molecule has 0 spiro atoms. The normalized spacial score (nSPS) is 18.6. The van der Waals surface area contributed by atoms with Gasteiger partial charge in [0, 0.05) is 11.9 Å². The SMILES string of the molecule is Cc1ccc(-c2ccc(CCCCc3ccc(CCC4CCC(C)CC4)cn3)cc2)cc1. The van der Waals surface area contributed by atoms with Crippen molar-refractivity contribution in [1.82, 2.24) is 4.98 Å². The van der Waals surface area contributed by atoms with Crippen molar-refractivity contribution in [3.8, 4) is 11.1 Å². The monoisotopic (exact) mass is 425 g/mol. The first-order valence-electron chi connectivity index (χ1n) is 12.8. The van der Waals surface area contributed by atoms with Gasteiger partial charge in [-0.05, 0) is 85.6 Å². The van der Waals surface area contributed by atoms with Crippen molar-refractivity contribution in [2.45, 2.75) is 78.1 Å². The summed E-state index contributed by atoms with van der Waals surface area (Å²) in [7, 11) is 0. The van der Waals surface area contributed by atoms with Gasteiger partial charge < -0.3 is 0 Å². The van der Waals surface area contributed by atoms with Gasteiger partial charge in [0.25, 0.3) is 0 Å². The first-order valence-corrected chi connectivity index (χ1v) is 12.8. The highest BCUT2D eigenvalue weighted by molar-refractivity contribution is 5.63. The third-order valence-electron chi connectivity index (χ3n) is 7.35. The minimum Gasteiger partial charge on any atom is -0.261 e. The number of unbranched alkanes of at least 4 members (excludes halogenated alkanes) is 1. The number of pyridine rings is 1. The molecule has 168 valence electrons. The van der Waals surface area contributed by atoms with E-state index in [1.54, 1.807) is 0 Å². The average molecular weight is 426 g/mol. The largest absolute Gasteiger partial charge is 0.261 e. The summed E-state index contributed by atoms with van der Waals surface area (Å²) >= 11 is 0. The Bertz CT molecular complexity index is 929. The third-order valence-corrected chi connectivity index (χ3v) is 7.35. The lowest BCUT2D eigenvalue weighted by Gasteiger charge is -2.26. The van der Waals surface area contributed by atoms with Gasteiger partial charge in [0.15, 0.2) is 0 Å². The van der Waals surface area contributed by atoms with E-state index in [0.717, 1.165) is 24.7 Å². The van der Waals surface area contributed by atoms with Crippen LogP contribution in [0.2, 0.25) is 0 Å². The second-order valence-electron chi connectivity index (χ2n) is 10.1. The number of hydrogen-bond acceptors (Lipinski definition) is 1. The predicted molar refractivity (Wildman–Crippen MR) is 137 cm³/mol. The fourth-order valence-corrected chi connectivity index (χ4v) is 4.98. The van der Waals surface area contributed by atoms with Gasteiger partial charge in [-0.1, -0.05) is 92.8 Å². The van der Waals surface area contributed by atoms with Crippen molar-refractivity contribution in [3.05, 3.63) is 89.2 Å². The smallest absolute Gasteiger partial charge is 0.0403 e. The zero-order valence-corrected chi connectivity index (χ0v) is 20.0. The molecule has 1 nitrogen and oxygen atoms in total. The van der Waals surface area contributed by atoms with Crippen LogP contribution < -0.4 is 0 Å². The molecule has 4 rings (SSSR count). The third kappa shape index (κ3) is 6.79. The van der Waals surface area contributed by atoms with Crippen LogP contribution in [0.15, 0.2) is 66.9 Å². The van der Waals surface area contributed by atoms with E-state index in [2.05, 4.69) is 80.7 Å². The van der Waals surface area contributed by atoms with Crippen LogP contribution in [0, 0.1) is 18.8 Å². The van der Waals surface area contributed by atoms with Crippen molar-refractivity contribution in [2.75, 3.05) is 0 Å². The molecule has 0 radical (unpaired) electrons. The number of aryl methyl sites for hydroxylation is 4. The summed E-state index contributed by atoms with van der Waals surface area (Å²) in [5.41, 5.74) is 8.00. The van der Waals surface area contributed by atoms with Crippen LogP contribution in [0.1, 0.15) is 74.3 Å². The Labute approximate surface area is 195 Å². The van der Waals surface area contributed by atoms with Crippen molar-refractivity contribution in [1.29, 1.82) is 0 Å². The minimum atomic E-state index is 0.942. The van der Waals surface area contributed by atoms with E-state index in [0.29, 0.717) is 0 Å². The topological polar surface area (TPSA) is 12.9 Å². The van der Waals surface area contributed by atoms with Crippen LogP contribution in [0.4, 0.5) is 0 Å². The first-order chi connectivity index (χ1) is 15.7. The van der Waals surface area contributed by atoms with Gasteiger partial charge in [-0.3, -0.25) is 4.98 Å². The molecule has 32 heavy (non-hydrogen) atoms. The van der Waals surface area contributed by atoms with Crippen LogP contribution >= 0.6 is 0 Å². The molecule has 1 heterocycles. The highest BCUT2D eigenvalue weighted by atomic mass is 14.7. The van der Waals surface area contributed by atoms with Gasteiger partial charge in [-0.15, -0.1) is 0 Å². The fourth-order valence-electron chi connectivity index (χ4n) is 4.98. The Hall–Kier alpha value is -2.41. The zero-order chi connectivity index (χ0) is 22.2. The summed E-state index contributed by atoms with van der Waals surface area (Å²) in [6, 6.07) is 22.4. The van der Waals surface area contributed by atoms with E-state index < -0.39 is 0 Å². The summed E-state index contributed by atoms with van der Waals surface area (Å²) in [6.07, 6.45) is 15.0. The van der Waals surface area contributed by atoms with Gasteiger partial charge in [0.05, 0.1) is 0 Å². The molecule has 0 unspecified atom stereocenters. The Morgan fingerprint density at radius 3 is 1.97 bits per heavy atom. The van der Waals surface area contributed by atoms with Crippen molar-refractivity contribution < 1.29 is 0 Å². The molecule has 1 aliphatic carbocycles. The molecule has 1 heteroatoms. The van der Waals surface area contributed by atoms with Gasteiger partial charge >= 0.3 is 0 Å². The molecule has 0 aliphatic heterocycles. The van der Waals surface area contributed by atoms with Crippen molar-refractivity contribution in [2.24, 2.45) is 11.8 Å². The van der Waals surface area contributed by atoms with Gasteiger partial charge in [0.2, 0.25) is 0 Å². The van der Waals surface area contributed by atoms with Gasteiger partial charge in [-0.25, -0.2) is 0 Å². The van der Waals surface area contributed by atoms with Crippen molar-refractivity contribution >= 4 is 0 Å². The Kier molecular flexibility index (Phi) is 8.15. The highest BCUT2D eigenvalue weighted by Crippen LogP contribution is 2.31. The number of benzene rings is 2. The molecule has 1 aliphatic rings. The molecule has 0 bridgehead atoms. The molecular weight excluding hydrogens is 386 g/mol. The van der Waals surface area contributed by atoms with E-state index >= 15 is 0 Å². The van der Waals surface area contributed by atoms with E-state index in [9.17, 15) is 0 Å². The quantitative estimate of drug-likeness (QED) is 0.314. The zero-order valence-electron chi connectivity index (χ0n) is 20.0. The molecular formula is C31H39N. The molecule has 0 atom stereocenters. The number of nitrogens with zero attached hydrogens (tertiary/aromatic N) is 1. The van der Waals surface area contributed by atoms with Crippen LogP contribution in [0.3, 0.4) is 0 Å². The average Bonchev–Trinajstić information content (AvgIpc) is 2.83. The van der Waals surface area contributed by atoms with Crippen LogP contribution in [-0.2, 0) is 19.3 Å². The number of hydrogen-bond donors (Lipinski definition) is 0. The molecule has 1 aromatic heterocycles. The second-order valence-corrected chi connectivity index (χ2v) is 10.1. The van der Waals surface area contributed by atoms with Crippen LogP contribution in [0.5, 0.6) is 0 Å². The molecule has 0 amide bonds. The first kappa shape index (κ1) is 22.8. The Balaban J connectivity index is 1.16. The summed E-state index contributed by atoms with van der Waals surface area (Å²) in [5.74, 6) is 1.89. The van der Waals surface area contributed by atoms with Crippen LogP contribution in [-0.4, -0.2) is 4.98 Å². The molecule has 1 fully saturated rings. The van der Waals surface area contributed by atoms with E-state index in [-0.39, 0.29) is 0 Å². The Morgan fingerprint density at radius 1 is 0.688 bits per heavy atom. The molecule has 0 N–H and O–H groups in total. The fraction of sp³-hybridized carbons (Fsp3) is 0.452. The maximum Gasteiger partial charge on any atom is 0.0403 e. The van der Waals surface area contributed by atoms with E-state index in [4.69, 9.17) is 4.98 Å². The maximum atomic E-state index is 4.75. The summed E-state index contributed by atoms with van der Waals surface area (Å²) in [4.78, 5) is 4.75. The number of aromatic nitrogens is 1. The number of rotatable bonds is 9. The van der Waals surface area contributed by atoms with Crippen molar-refractivity contribution in [3.63, 3.8) is 0 Å². The van der Waals surface area contributed by atoms with Gasteiger partial charge in [0.1, 0.15) is 0 Å². The molecule has 0 saturated heterocycles. The lowest BCUT2D eigenvalue weighted by molar-refractivity contribution is 0.277. The molecule has 3 aromatic rings. The Morgan fingerprint density at radius 2 is 1.31 bits per heavy atom. The van der Waals surface area contributed by atoms with E-state index in [1.165, 1.54) is 84.9 Å². The lowest BCUT2D eigenvalue weighted by Crippen LogP contribution is -2.13. The summed E-state index contributed by atoms with van der Waals surface area (Å²) in [5, 5.41) is 0. The summed E-state index contributed by atoms with van der Waals surface area (Å²) in [6.45, 7) is 4.54. The molecule has 1 saturated carbocycles. The lowest BCUT2D eigenvalue weighted by atomic mass is 9.80. The van der Waals surface area contributed by atoms with Gasteiger partial charge in [-0.2, -0.15) is 0 Å². The maximum absolute atomic E-state index is 4.75. The van der Waals surface area contributed by atoms with E-state index in [1.807, 2.05) is 0 Å².